The van der Waals surface area contributed by atoms with Crippen molar-refractivity contribution in [2.45, 2.75) is 39.2 Å². The lowest BCUT2D eigenvalue weighted by molar-refractivity contribution is 0.394. The Bertz CT molecular complexity index is 1360. The summed E-state index contributed by atoms with van der Waals surface area (Å²) in [6.45, 7) is 4.57. The summed E-state index contributed by atoms with van der Waals surface area (Å²) in [6, 6.07) is 25.6. The number of nitrogens with zero attached hydrogens (tertiary/aromatic N) is 3. The zero-order valence-corrected chi connectivity index (χ0v) is 20.0. The highest BCUT2D eigenvalue weighted by Gasteiger charge is 2.32. The van der Waals surface area contributed by atoms with Crippen LogP contribution in [0.15, 0.2) is 66.7 Å². The van der Waals surface area contributed by atoms with Crippen molar-refractivity contribution < 1.29 is 4.74 Å². The SMILES string of the molecule is COc1cc(-c2c(C)cccc2C)nc2c1C(N(CC#N)c1cccc3ccccc13)CCC2. The van der Waals surface area contributed by atoms with Crippen LogP contribution in [0.2, 0.25) is 0 Å². The molecule has 1 unspecified atom stereocenters. The van der Waals surface area contributed by atoms with Gasteiger partial charge in [-0.2, -0.15) is 5.26 Å². The average Bonchev–Trinajstić information content (AvgIpc) is 2.86. The van der Waals surface area contributed by atoms with E-state index in [-0.39, 0.29) is 6.04 Å². The van der Waals surface area contributed by atoms with E-state index in [1.807, 2.05) is 0 Å². The maximum absolute atomic E-state index is 9.79. The summed E-state index contributed by atoms with van der Waals surface area (Å²) in [7, 11) is 1.74. The first-order chi connectivity index (χ1) is 16.6. The van der Waals surface area contributed by atoms with E-state index in [1.54, 1.807) is 7.11 Å². The molecule has 1 atom stereocenters. The van der Waals surface area contributed by atoms with E-state index in [0.29, 0.717) is 6.54 Å². The molecule has 0 fully saturated rings. The summed E-state index contributed by atoms with van der Waals surface area (Å²) in [6.07, 6.45) is 2.90. The predicted octanol–water partition coefficient (Wildman–Crippen LogP) is 6.93. The van der Waals surface area contributed by atoms with Crippen molar-refractivity contribution in [3.63, 3.8) is 0 Å². The third-order valence-electron chi connectivity index (χ3n) is 6.97. The largest absolute Gasteiger partial charge is 0.496 e. The minimum atomic E-state index is 0.0312. The number of pyridine rings is 1. The molecule has 4 heteroatoms. The molecule has 4 nitrogen and oxygen atoms in total. The van der Waals surface area contributed by atoms with Crippen molar-refractivity contribution >= 4 is 16.5 Å². The van der Waals surface area contributed by atoms with Gasteiger partial charge in [-0.3, -0.25) is 4.98 Å². The van der Waals surface area contributed by atoms with Gasteiger partial charge in [0.25, 0.3) is 0 Å². The Morgan fingerprint density at radius 1 is 1.03 bits per heavy atom. The van der Waals surface area contributed by atoms with E-state index in [4.69, 9.17) is 9.72 Å². The van der Waals surface area contributed by atoms with Crippen molar-refractivity contribution in [3.05, 3.63) is 89.1 Å². The topological polar surface area (TPSA) is 49.1 Å². The first kappa shape index (κ1) is 22.0. The first-order valence-electron chi connectivity index (χ1n) is 11.9. The number of aromatic nitrogens is 1. The second kappa shape index (κ2) is 9.19. The highest BCUT2D eigenvalue weighted by Crippen LogP contribution is 2.44. The summed E-state index contributed by atoms with van der Waals surface area (Å²) < 4.78 is 5.99. The molecule has 1 aliphatic carbocycles. The molecule has 0 N–H and O–H groups in total. The van der Waals surface area contributed by atoms with Crippen LogP contribution < -0.4 is 9.64 Å². The van der Waals surface area contributed by atoms with Gasteiger partial charge in [0.1, 0.15) is 12.3 Å². The van der Waals surface area contributed by atoms with E-state index >= 15 is 0 Å². The molecule has 0 saturated heterocycles. The van der Waals surface area contributed by atoms with Crippen LogP contribution in [0, 0.1) is 25.2 Å². The number of hydrogen-bond donors (Lipinski definition) is 0. The zero-order valence-electron chi connectivity index (χ0n) is 20.0. The van der Waals surface area contributed by atoms with Gasteiger partial charge in [-0.25, -0.2) is 0 Å². The fourth-order valence-electron chi connectivity index (χ4n) is 5.46. The fraction of sp³-hybridized carbons (Fsp3) is 0.267. The number of rotatable bonds is 5. The lowest BCUT2D eigenvalue weighted by Gasteiger charge is -2.37. The molecule has 5 rings (SSSR count). The number of methoxy groups -OCH3 is 1. The minimum absolute atomic E-state index is 0.0312. The van der Waals surface area contributed by atoms with E-state index < -0.39 is 0 Å². The van der Waals surface area contributed by atoms with Crippen molar-refractivity contribution in [2.24, 2.45) is 0 Å². The third-order valence-corrected chi connectivity index (χ3v) is 6.97. The molecular weight excluding hydrogens is 418 g/mol. The summed E-state index contributed by atoms with van der Waals surface area (Å²) in [5.41, 5.74) is 7.84. The highest BCUT2D eigenvalue weighted by molar-refractivity contribution is 5.94. The van der Waals surface area contributed by atoms with Crippen LogP contribution in [0.5, 0.6) is 5.75 Å². The van der Waals surface area contributed by atoms with E-state index in [1.165, 1.54) is 22.1 Å². The van der Waals surface area contributed by atoms with Crippen LogP contribution in [0.1, 0.15) is 41.3 Å². The van der Waals surface area contributed by atoms with Crippen molar-refractivity contribution in [1.29, 1.82) is 5.26 Å². The fourth-order valence-corrected chi connectivity index (χ4v) is 5.46. The monoisotopic (exact) mass is 447 g/mol. The number of anilines is 1. The first-order valence-corrected chi connectivity index (χ1v) is 11.9. The molecule has 0 aliphatic heterocycles. The predicted molar refractivity (Wildman–Crippen MR) is 138 cm³/mol. The molecule has 0 spiro atoms. The maximum atomic E-state index is 9.79. The van der Waals surface area contributed by atoms with Crippen LogP contribution in [0.25, 0.3) is 22.0 Å². The molecule has 0 bridgehead atoms. The second-order valence-electron chi connectivity index (χ2n) is 9.03. The summed E-state index contributed by atoms with van der Waals surface area (Å²) in [5, 5.41) is 12.1. The molecule has 0 radical (unpaired) electrons. The Balaban J connectivity index is 1.67. The van der Waals surface area contributed by atoms with Gasteiger partial charge in [-0.1, -0.05) is 54.6 Å². The summed E-state index contributed by atoms with van der Waals surface area (Å²) >= 11 is 0. The molecule has 0 saturated carbocycles. The number of nitriles is 1. The maximum Gasteiger partial charge on any atom is 0.128 e. The quantitative estimate of drug-likeness (QED) is 0.311. The van der Waals surface area contributed by atoms with Crippen molar-refractivity contribution in [1.82, 2.24) is 4.98 Å². The number of benzene rings is 3. The normalized spacial score (nSPS) is 14.9. The molecule has 0 amide bonds. The minimum Gasteiger partial charge on any atom is -0.496 e. The van der Waals surface area contributed by atoms with E-state index in [9.17, 15) is 5.26 Å². The van der Waals surface area contributed by atoms with Crippen LogP contribution >= 0.6 is 0 Å². The van der Waals surface area contributed by atoms with Crippen molar-refractivity contribution in [2.75, 3.05) is 18.6 Å². The highest BCUT2D eigenvalue weighted by atomic mass is 16.5. The summed E-state index contributed by atoms with van der Waals surface area (Å²) in [5.74, 6) is 0.857. The van der Waals surface area contributed by atoms with Crippen LogP contribution in [-0.2, 0) is 6.42 Å². The Labute approximate surface area is 201 Å². The van der Waals surface area contributed by atoms with Gasteiger partial charge < -0.3 is 9.64 Å². The lowest BCUT2D eigenvalue weighted by atomic mass is 9.87. The number of aryl methyl sites for hydroxylation is 3. The van der Waals surface area contributed by atoms with Gasteiger partial charge >= 0.3 is 0 Å². The summed E-state index contributed by atoms with van der Waals surface area (Å²) in [4.78, 5) is 7.41. The Morgan fingerprint density at radius 2 is 1.76 bits per heavy atom. The van der Waals surface area contributed by atoms with Gasteiger partial charge in [-0.05, 0) is 55.7 Å². The van der Waals surface area contributed by atoms with Crippen LogP contribution in [0.3, 0.4) is 0 Å². The van der Waals surface area contributed by atoms with Gasteiger partial charge in [-0.15, -0.1) is 0 Å². The molecule has 1 heterocycles. The van der Waals surface area contributed by atoms with Crippen LogP contribution in [0.4, 0.5) is 5.69 Å². The van der Waals surface area contributed by atoms with Crippen LogP contribution in [-0.4, -0.2) is 18.6 Å². The zero-order chi connectivity index (χ0) is 23.7. The Hall–Kier alpha value is -3.84. The molecular formula is C30H29N3O. The average molecular weight is 448 g/mol. The standard InChI is InChI=1S/C30H29N3O/c1-20-9-6-10-21(2)29(20)25-19-28(34-3)30-24(32-25)14-8-16-27(30)33(18-17-31)26-15-7-12-22-11-4-5-13-23(22)26/h4-7,9-13,15,19,27H,8,14,16,18H2,1-3H3. The number of hydrogen-bond acceptors (Lipinski definition) is 4. The molecule has 1 aromatic heterocycles. The molecule has 3 aromatic carbocycles. The molecule has 1 aliphatic rings. The third kappa shape index (κ3) is 3.78. The Kier molecular flexibility index (Phi) is 5.94. The number of ether oxygens (including phenoxy) is 1. The smallest absolute Gasteiger partial charge is 0.128 e. The van der Waals surface area contributed by atoms with E-state index in [2.05, 4.69) is 91.5 Å². The van der Waals surface area contributed by atoms with Gasteiger partial charge in [0.05, 0.1) is 30.6 Å². The molecule has 4 aromatic rings. The van der Waals surface area contributed by atoms with Gasteiger partial charge in [0, 0.05) is 28.3 Å². The van der Waals surface area contributed by atoms with Gasteiger partial charge in [0.15, 0.2) is 0 Å². The number of fused-ring (bicyclic) bond motifs is 2. The van der Waals surface area contributed by atoms with Crippen molar-refractivity contribution in [3.8, 4) is 23.1 Å². The van der Waals surface area contributed by atoms with E-state index in [0.717, 1.165) is 53.0 Å². The Morgan fingerprint density at radius 3 is 2.53 bits per heavy atom. The second-order valence-corrected chi connectivity index (χ2v) is 9.03. The molecule has 170 valence electrons. The molecule has 34 heavy (non-hydrogen) atoms. The van der Waals surface area contributed by atoms with Gasteiger partial charge in [0.2, 0.25) is 0 Å². The lowest BCUT2D eigenvalue weighted by Crippen LogP contribution is -2.32.